The Hall–Kier alpha value is -1.30. The maximum Gasteiger partial charge on any atom is 0.250 e. The average molecular weight is 299 g/mol. The highest BCUT2D eigenvalue weighted by atomic mass is 35.5. The lowest BCUT2D eigenvalue weighted by Crippen LogP contribution is -2.56. The van der Waals surface area contributed by atoms with E-state index in [1.54, 1.807) is 25.3 Å². The Balaban J connectivity index is 2.01. The summed E-state index contributed by atoms with van der Waals surface area (Å²) in [6.07, 6.45) is 1.02. The van der Waals surface area contributed by atoms with Crippen molar-refractivity contribution in [3.63, 3.8) is 0 Å². The smallest absolute Gasteiger partial charge is 0.250 e. The summed E-state index contributed by atoms with van der Waals surface area (Å²) in [5, 5.41) is 3.68. The van der Waals surface area contributed by atoms with Crippen LogP contribution in [0.4, 0.5) is 5.69 Å². The molecule has 1 aliphatic rings. The number of halogens is 1. The summed E-state index contributed by atoms with van der Waals surface area (Å²) in [4.78, 5) is 11.1. The summed E-state index contributed by atoms with van der Waals surface area (Å²) in [6.45, 7) is 2.65. The molecule has 0 aliphatic heterocycles. The Morgan fingerprint density at radius 3 is 2.85 bits per heavy atom. The van der Waals surface area contributed by atoms with Crippen molar-refractivity contribution in [2.45, 2.75) is 31.6 Å². The van der Waals surface area contributed by atoms with Crippen molar-refractivity contribution in [1.82, 2.24) is 0 Å². The van der Waals surface area contributed by atoms with Crippen LogP contribution in [0.2, 0.25) is 5.02 Å². The first-order valence-electron chi connectivity index (χ1n) is 6.57. The molecule has 0 aromatic heterocycles. The minimum absolute atomic E-state index is 0.0181. The summed E-state index contributed by atoms with van der Waals surface area (Å²) < 4.78 is 11.0. The highest BCUT2D eigenvalue weighted by molar-refractivity contribution is 6.34. The summed E-state index contributed by atoms with van der Waals surface area (Å²) in [7, 11) is 1.67. The first-order valence-corrected chi connectivity index (χ1v) is 6.95. The maximum atomic E-state index is 11.1. The SMILES string of the molecule is CCOC1CC(Nc2ccc(C(N)=O)c(Cl)c2)C1OC. The molecule has 1 aromatic carbocycles. The third kappa shape index (κ3) is 3.06. The summed E-state index contributed by atoms with van der Waals surface area (Å²) in [6, 6.07) is 5.27. The van der Waals surface area contributed by atoms with E-state index in [4.69, 9.17) is 26.8 Å². The van der Waals surface area contributed by atoms with Gasteiger partial charge in [0.05, 0.1) is 22.7 Å². The molecule has 3 atom stereocenters. The van der Waals surface area contributed by atoms with Crippen molar-refractivity contribution in [2.75, 3.05) is 19.0 Å². The number of hydrogen-bond donors (Lipinski definition) is 2. The molecule has 0 saturated heterocycles. The van der Waals surface area contributed by atoms with E-state index in [1.807, 2.05) is 6.92 Å². The van der Waals surface area contributed by atoms with Crippen LogP contribution in [0.25, 0.3) is 0 Å². The zero-order chi connectivity index (χ0) is 14.7. The highest BCUT2D eigenvalue weighted by Crippen LogP contribution is 2.31. The van der Waals surface area contributed by atoms with E-state index in [1.165, 1.54) is 0 Å². The number of benzene rings is 1. The number of primary amides is 1. The molecule has 1 fully saturated rings. The summed E-state index contributed by atoms with van der Waals surface area (Å²) >= 11 is 6.02. The second kappa shape index (κ2) is 6.43. The summed E-state index contributed by atoms with van der Waals surface area (Å²) in [5.41, 5.74) is 6.37. The van der Waals surface area contributed by atoms with E-state index in [0.717, 1.165) is 12.1 Å². The molecule has 3 N–H and O–H groups in total. The van der Waals surface area contributed by atoms with Crippen LogP contribution < -0.4 is 11.1 Å². The Morgan fingerprint density at radius 1 is 1.55 bits per heavy atom. The number of rotatable bonds is 6. The van der Waals surface area contributed by atoms with Crippen LogP contribution in [0, 0.1) is 0 Å². The van der Waals surface area contributed by atoms with Gasteiger partial charge in [0.1, 0.15) is 6.10 Å². The minimum Gasteiger partial charge on any atom is -0.379 e. The van der Waals surface area contributed by atoms with Gasteiger partial charge in [-0.25, -0.2) is 0 Å². The van der Waals surface area contributed by atoms with Gasteiger partial charge in [-0.15, -0.1) is 0 Å². The standard InChI is InChI=1S/C14H19ClN2O3/c1-3-20-12-7-11(13(12)19-2)17-8-4-5-9(14(16)18)10(15)6-8/h4-6,11-13,17H,3,7H2,1-2H3,(H2,16,18). The molecule has 20 heavy (non-hydrogen) atoms. The number of anilines is 1. The zero-order valence-electron chi connectivity index (χ0n) is 11.6. The van der Waals surface area contributed by atoms with Crippen LogP contribution in [-0.2, 0) is 9.47 Å². The molecule has 0 heterocycles. The molecule has 2 rings (SSSR count). The second-order valence-electron chi connectivity index (χ2n) is 4.74. The van der Waals surface area contributed by atoms with Gasteiger partial charge in [-0.2, -0.15) is 0 Å². The quantitative estimate of drug-likeness (QED) is 0.843. The van der Waals surface area contributed by atoms with Gasteiger partial charge in [0, 0.05) is 19.4 Å². The number of carbonyl (C=O) groups is 1. The molecular formula is C14H19ClN2O3. The number of nitrogens with one attached hydrogen (secondary N) is 1. The highest BCUT2D eigenvalue weighted by Gasteiger charge is 2.42. The molecular weight excluding hydrogens is 280 g/mol. The van der Waals surface area contributed by atoms with Gasteiger partial charge in [-0.05, 0) is 31.5 Å². The van der Waals surface area contributed by atoms with Crippen molar-refractivity contribution in [3.8, 4) is 0 Å². The zero-order valence-corrected chi connectivity index (χ0v) is 12.3. The van der Waals surface area contributed by atoms with E-state index in [0.29, 0.717) is 17.2 Å². The van der Waals surface area contributed by atoms with Crippen LogP contribution in [0.15, 0.2) is 18.2 Å². The predicted molar refractivity (Wildman–Crippen MR) is 78.2 cm³/mol. The van der Waals surface area contributed by atoms with Crippen molar-refractivity contribution < 1.29 is 14.3 Å². The molecule has 1 saturated carbocycles. The van der Waals surface area contributed by atoms with Gasteiger partial charge in [0.2, 0.25) is 5.91 Å². The number of methoxy groups -OCH3 is 1. The first-order chi connectivity index (χ1) is 9.56. The molecule has 1 aliphatic carbocycles. The summed E-state index contributed by atoms with van der Waals surface area (Å²) in [5.74, 6) is -0.531. The van der Waals surface area contributed by atoms with Gasteiger partial charge >= 0.3 is 0 Å². The molecule has 0 radical (unpaired) electrons. The van der Waals surface area contributed by atoms with Gasteiger partial charge < -0.3 is 20.5 Å². The largest absolute Gasteiger partial charge is 0.379 e. The lowest BCUT2D eigenvalue weighted by atomic mass is 9.85. The molecule has 1 aromatic rings. The number of amides is 1. The minimum atomic E-state index is -0.531. The first kappa shape index (κ1) is 15.1. The fourth-order valence-electron chi connectivity index (χ4n) is 2.43. The molecule has 1 amide bonds. The van der Waals surface area contributed by atoms with E-state index in [9.17, 15) is 4.79 Å². The van der Waals surface area contributed by atoms with Crippen LogP contribution in [0.5, 0.6) is 0 Å². The predicted octanol–water partition coefficient (Wildman–Crippen LogP) is 2.04. The Bertz CT molecular complexity index is 495. The van der Waals surface area contributed by atoms with Crippen molar-refractivity contribution in [2.24, 2.45) is 5.73 Å². The van der Waals surface area contributed by atoms with E-state index < -0.39 is 5.91 Å². The molecule has 0 spiro atoms. The third-order valence-electron chi connectivity index (χ3n) is 3.49. The molecule has 0 bridgehead atoms. The fraction of sp³-hybridized carbons (Fsp3) is 0.500. The van der Waals surface area contributed by atoms with E-state index >= 15 is 0 Å². The van der Waals surface area contributed by atoms with Crippen LogP contribution in [-0.4, -0.2) is 37.9 Å². The molecule has 6 heteroatoms. The van der Waals surface area contributed by atoms with Crippen molar-refractivity contribution in [1.29, 1.82) is 0 Å². The van der Waals surface area contributed by atoms with E-state index in [-0.39, 0.29) is 18.2 Å². The number of nitrogens with two attached hydrogens (primary N) is 1. The average Bonchev–Trinajstić information content (AvgIpc) is 2.37. The van der Waals surface area contributed by atoms with Crippen LogP contribution in [0.3, 0.4) is 0 Å². The fourth-order valence-corrected chi connectivity index (χ4v) is 2.71. The van der Waals surface area contributed by atoms with E-state index in [2.05, 4.69) is 5.32 Å². The number of ether oxygens (including phenoxy) is 2. The van der Waals surface area contributed by atoms with Gasteiger partial charge in [0.25, 0.3) is 0 Å². The van der Waals surface area contributed by atoms with Crippen molar-refractivity contribution in [3.05, 3.63) is 28.8 Å². The normalized spacial score (nSPS) is 25.1. The molecule has 3 unspecified atom stereocenters. The van der Waals surface area contributed by atoms with Gasteiger partial charge in [0.15, 0.2) is 0 Å². The van der Waals surface area contributed by atoms with Gasteiger partial charge in [-0.1, -0.05) is 11.6 Å². The monoisotopic (exact) mass is 298 g/mol. The topological polar surface area (TPSA) is 73.6 Å². The van der Waals surface area contributed by atoms with Crippen LogP contribution >= 0.6 is 11.6 Å². The number of carbonyl (C=O) groups excluding carboxylic acids is 1. The molecule has 110 valence electrons. The van der Waals surface area contributed by atoms with Gasteiger partial charge in [-0.3, -0.25) is 4.79 Å². The lowest BCUT2D eigenvalue weighted by Gasteiger charge is -2.43. The lowest BCUT2D eigenvalue weighted by molar-refractivity contribution is -0.118. The third-order valence-corrected chi connectivity index (χ3v) is 3.80. The maximum absolute atomic E-state index is 11.1. The van der Waals surface area contributed by atoms with Crippen molar-refractivity contribution >= 4 is 23.2 Å². The second-order valence-corrected chi connectivity index (χ2v) is 5.15. The number of hydrogen-bond acceptors (Lipinski definition) is 4. The molecule has 5 nitrogen and oxygen atoms in total. The Kier molecular flexibility index (Phi) is 4.86. The Labute approximate surface area is 123 Å². The Morgan fingerprint density at radius 2 is 2.30 bits per heavy atom. The van der Waals surface area contributed by atoms with Crippen LogP contribution in [0.1, 0.15) is 23.7 Å².